The summed E-state index contributed by atoms with van der Waals surface area (Å²) in [5.74, 6) is -10.5. The van der Waals surface area contributed by atoms with Crippen molar-refractivity contribution in [2.75, 3.05) is 0 Å². The summed E-state index contributed by atoms with van der Waals surface area (Å²) in [6.45, 7) is 2.22. The molecule has 10 heteroatoms. The lowest BCUT2D eigenvalue weighted by Crippen LogP contribution is -2.25. The van der Waals surface area contributed by atoms with Gasteiger partial charge in [0.15, 0.2) is 17.5 Å². The van der Waals surface area contributed by atoms with Gasteiger partial charge in [-0.2, -0.15) is 8.78 Å². The minimum atomic E-state index is -4.71. The number of aryl methyl sites for hydroxylation is 1. The number of halogens is 9. The molecule has 0 spiro atoms. The fourth-order valence-corrected chi connectivity index (χ4v) is 6.61. The van der Waals surface area contributed by atoms with Gasteiger partial charge in [-0.05, 0) is 96.9 Å². The molecule has 1 aliphatic carbocycles. The normalized spacial score (nSPS) is 16.7. The van der Waals surface area contributed by atoms with Crippen molar-refractivity contribution in [3.63, 3.8) is 0 Å². The van der Waals surface area contributed by atoms with E-state index < -0.39 is 58.1 Å². The number of ether oxygens (including phenoxy) is 1. The molecule has 4 aromatic rings. The molecule has 0 N–H and O–H groups in total. The molecule has 0 bridgehead atoms. The van der Waals surface area contributed by atoms with Gasteiger partial charge in [-0.3, -0.25) is 0 Å². The van der Waals surface area contributed by atoms with Gasteiger partial charge < -0.3 is 4.74 Å². The predicted molar refractivity (Wildman–Crippen MR) is 175 cm³/mol. The molecular formula is C40H37F9O. The first kappa shape index (κ1) is 37.1. The third kappa shape index (κ3) is 8.92. The molecule has 0 saturated heterocycles. The van der Waals surface area contributed by atoms with Crippen LogP contribution in [0.4, 0.5) is 39.5 Å². The summed E-state index contributed by atoms with van der Waals surface area (Å²) in [6, 6.07) is 11.7. The van der Waals surface area contributed by atoms with Crippen LogP contribution in [-0.4, -0.2) is 0 Å². The van der Waals surface area contributed by atoms with Crippen molar-refractivity contribution < 1.29 is 44.3 Å². The summed E-state index contributed by atoms with van der Waals surface area (Å²) in [7, 11) is 0. The molecule has 50 heavy (non-hydrogen) atoms. The van der Waals surface area contributed by atoms with Crippen molar-refractivity contribution in [3.8, 4) is 16.9 Å². The first-order chi connectivity index (χ1) is 23.9. The molecule has 4 aromatic carbocycles. The fraction of sp³-hybridized carbons (Fsp3) is 0.350. The van der Waals surface area contributed by atoms with Gasteiger partial charge in [0.2, 0.25) is 0 Å². The summed E-state index contributed by atoms with van der Waals surface area (Å²) in [6.07, 6.45) is 7.68. The topological polar surface area (TPSA) is 9.23 Å². The van der Waals surface area contributed by atoms with Crippen molar-refractivity contribution in [2.45, 2.75) is 83.2 Å². The lowest BCUT2D eigenvalue weighted by atomic mass is 9.77. The Morgan fingerprint density at radius 1 is 0.700 bits per heavy atom. The third-order valence-electron chi connectivity index (χ3n) is 9.34. The van der Waals surface area contributed by atoms with Gasteiger partial charge in [0.1, 0.15) is 34.6 Å². The highest BCUT2D eigenvalue weighted by atomic mass is 19.3. The zero-order chi connectivity index (χ0) is 36.0. The van der Waals surface area contributed by atoms with E-state index in [2.05, 4.69) is 11.7 Å². The summed E-state index contributed by atoms with van der Waals surface area (Å²) < 4.78 is 133. The second-order valence-corrected chi connectivity index (χ2v) is 12.9. The Balaban J connectivity index is 1.18. The zero-order valence-corrected chi connectivity index (χ0v) is 27.5. The minimum Gasteiger partial charge on any atom is -0.429 e. The van der Waals surface area contributed by atoms with Crippen LogP contribution in [0.3, 0.4) is 0 Å². The number of allylic oxidation sites excluding steroid dienone is 1. The lowest BCUT2D eigenvalue weighted by molar-refractivity contribution is -0.189. The van der Waals surface area contributed by atoms with Crippen molar-refractivity contribution in [2.24, 2.45) is 5.92 Å². The second kappa shape index (κ2) is 16.2. The van der Waals surface area contributed by atoms with Gasteiger partial charge in [-0.15, -0.1) is 0 Å². The Morgan fingerprint density at radius 3 is 1.88 bits per heavy atom. The molecule has 1 nitrogen and oxygen atoms in total. The standard InChI is InChI=1S/C40H37F9O/c1-2-3-4-7-24-10-12-26(13-11-24)27-14-16-28(17-15-27)29-20-32(41)31(33(42)21-29)9-6-5-8-25-18-34(43)38(35(44)19-25)40(48,49)50-30-22-36(45)39(47)37(46)23-30/h6,9,14-24,26H,2-5,7-8,10-13H2,1H3/b9-6+. The van der Waals surface area contributed by atoms with Gasteiger partial charge in [0.25, 0.3) is 0 Å². The van der Waals surface area contributed by atoms with Gasteiger partial charge in [-0.1, -0.05) is 69.0 Å². The number of rotatable bonds is 13. The molecule has 1 saturated carbocycles. The van der Waals surface area contributed by atoms with E-state index in [1.54, 1.807) is 0 Å². The van der Waals surface area contributed by atoms with Crippen LogP contribution >= 0.6 is 0 Å². The highest BCUT2D eigenvalue weighted by Crippen LogP contribution is 2.39. The van der Waals surface area contributed by atoms with Crippen LogP contribution in [0.25, 0.3) is 17.2 Å². The smallest absolute Gasteiger partial charge is 0.429 e. The van der Waals surface area contributed by atoms with Gasteiger partial charge in [0.05, 0.1) is 0 Å². The van der Waals surface area contributed by atoms with E-state index in [-0.39, 0.29) is 36.1 Å². The highest BCUT2D eigenvalue weighted by molar-refractivity contribution is 5.67. The van der Waals surface area contributed by atoms with Gasteiger partial charge in [-0.25, -0.2) is 30.7 Å². The van der Waals surface area contributed by atoms with Crippen LogP contribution in [-0.2, 0) is 12.5 Å². The number of benzene rings is 4. The monoisotopic (exact) mass is 704 g/mol. The first-order valence-electron chi connectivity index (χ1n) is 16.8. The molecule has 5 rings (SSSR count). The van der Waals surface area contributed by atoms with Crippen molar-refractivity contribution in [3.05, 3.63) is 130 Å². The fourth-order valence-electron chi connectivity index (χ4n) is 6.61. The highest BCUT2D eigenvalue weighted by Gasteiger charge is 2.41. The second-order valence-electron chi connectivity index (χ2n) is 12.9. The predicted octanol–water partition coefficient (Wildman–Crippen LogP) is 13.0. The molecule has 0 aromatic heterocycles. The Bertz CT molecular complexity index is 1740. The van der Waals surface area contributed by atoms with Crippen LogP contribution in [0.1, 0.15) is 92.9 Å². The molecular weight excluding hydrogens is 667 g/mol. The lowest BCUT2D eigenvalue weighted by Gasteiger charge is -2.29. The van der Waals surface area contributed by atoms with Crippen LogP contribution < -0.4 is 4.74 Å². The molecule has 0 atom stereocenters. The number of unbranched alkanes of at least 4 members (excludes halogenated alkanes) is 2. The summed E-state index contributed by atoms with van der Waals surface area (Å²) in [4.78, 5) is 0. The Kier molecular flexibility index (Phi) is 12.0. The SMILES string of the molecule is CCCCCC1CCC(c2ccc(-c3cc(F)c(/C=C/CCc4cc(F)c(C(F)(F)Oc5cc(F)c(F)c(F)c5)c(F)c4)c(F)c3)cc2)CC1. The quantitative estimate of drug-likeness (QED) is 0.0765. The van der Waals surface area contributed by atoms with Crippen LogP contribution in [0, 0.1) is 46.6 Å². The molecule has 1 fully saturated rings. The molecule has 0 heterocycles. The molecule has 0 aliphatic heterocycles. The van der Waals surface area contributed by atoms with Gasteiger partial charge >= 0.3 is 6.11 Å². The summed E-state index contributed by atoms with van der Waals surface area (Å²) >= 11 is 0. The van der Waals surface area contributed by atoms with E-state index >= 15 is 8.78 Å². The van der Waals surface area contributed by atoms with E-state index in [9.17, 15) is 30.7 Å². The van der Waals surface area contributed by atoms with E-state index in [1.165, 1.54) is 68.4 Å². The van der Waals surface area contributed by atoms with E-state index in [4.69, 9.17) is 0 Å². The molecule has 0 radical (unpaired) electrons. The maximum absolute atomic E-state index is 15.0. The van der Waals surface area contributed by atoms with Gasteiger partial charge in [0, 0.05) is 17.7 Å². The maximum atomic E-state index is 15.0. The third-order valence-corrected chi connectivity index (χ3v) is 9.34. The van der Waals surface area contributed by atoms with E-state index in [0.29, 0.717) is 29.2 Å². The minimum absolute atomic E-state index is 0.0437. The first-order valence-corrected chi connectivity index (χ1v) is 16.8. The number of alkyl halides is 2. The number of hydrogen-bond acceptors (Lipinski definition) is 1. The largest absolute Gasteiger partial charge is 0.432 e. The van der Waals surface area contributed by atoms with E-state index in [1.807, 2.05) is 24.3 Å². The Hall–Kier alpha value is -4.21. The van der Waals surface area contributed by atoms with Crippen LogP contribution in [0.2, 0.25) is 0 Å². The molecule has 1 aliphatic rings. The van der Waals surface area contributed by atoms with Crippen molar-refractivity contribution in [1.29, 1.82) is 0 Å². The van der Waals surface area contributed by atoms with Crippen LogP contribution in [0.5, 0.6) is 5.75 Å². The Labute approximate surface area is 285 Å². The summed E-state index contributed by atoms with van der Waals surface area (Å²) in [5.41, 5.74) is 0.111. The summed E-state index contributed by atoms with van der Waals surface area (Å²) in [5, 5.41) is 0. The number of hydrogen-bond donors (Lipinski definition) is 0. The van der Waals surface area contributed by atoms with Crippen molar-refractivity contribution in [1.82, 2.24) is 0 Å². The van der Waals surface area contributed by atoms with E-state index in [0.717, 1.165) is 18.8 Å². The average Bonchev–Trinajstić information content (AvgIpc) is 3.06. The van der Waals surface area contributed by atoms with Crippen LogP contribution in [0.15, 0.2) is 66.7 Å². The Morgan fingerprint density at radius 2 is 1.30 bits per heavy atom. The van der Waals surface area contributed by atoms with Crippen molar-refractivity contribution >= 4 is 6.08 Å². The zero-order valence-electron chi connectivity index (χ0n) is 27.5. The molecule has 266 valence electrons. The maximum Gasteiger partial charge on any atom is 0.432 e. The average molecular weight is 705 g/mol. The molecule has 0 amide bonds. The molecule has 0 unspecified atom stereocenters.